The zero-order valence-electron chi connectivity index (χ0n) is 6.80. The first-order valence-electron chi connectivity index (χ1n) is 3.31. The molecular weight excluding hydrogens is 190 g/mol. The average molecular weight is 197 g/mol. The largest absolute Gasteiger partial charge is 0.479 e. The van der Waals surface area contributed by atoms with Crippen LogP contribution in [-0.4, -0.2) is 17.3 Å². The van der Waals surface area contributed by atoms with Crippen molar-refractivity contribution in [2.24, 2.45) is 0 Å². The fraction of sp³-hybridized carbons (Fsp3) is 0.143. The molecule has 0 aliphatic carbocycles. The van der Waals surface area contributed by atoms with Gasteiger partial charge in [-0.1, -0.05) is 0 Å². The van der Waals surface area contributed by atoms with Gasteiger partial charge in [0.1, 0.15) is 11.8 Å². The molecule has 0 bridgehead atoms. The van der Waals surface area contributed by atoms with Gasteiger partial charge in [0.25, 0.3) is 0 Å². The summed E-state index contributed by atoms with van der Waals surface area (Å²) in [6.07, 6.45) is 1.35. The van der Waals surface area contributed by atoms with E-state index in [1.165, 1.54) is 19.4 Å². The van der Waals surface area contributed by atoms with Gasteiger partial charge >= 0.3 is 0 Å². The Morgan fingerprint density at radius 2 is 2.46 bits per heavy atom. The molecule has 1 aromatic rings. The lowest BCUT2D eigenvalue weighted by molar-refractivity contribution is 0.323. The number of nitrogens with zero attached hydrogens (tertiary/aromatic N) is 3. The smallest absolute Gasteiger partial charge is 0.240 e. The third kappa shape index (κ3) is 2.02. The van der Waals surface area contributed by atoms with Gasteiger partial charge < -0.3 is 4.74 Å². The van der Waals surface area contributed by atoms with Gasteiger partial charge in [0.15, 0.2) is 0 Å². The lowest BCUT2D eigenvalue weighted by atomic mass is 10.3. The summed E-state index contributed by atoms with van der Waals surface area (Å²) in [5, 5.41) is 17.6. The van der Waals surface area contributed by atoms with Crippen molar-refractivity contribution in [3.05, 3.63) is 17.8 Å². The van der Waals surface area contributed by atoms with Gasteiger partial charge in [0, 0.05) is 6.20 Å². The summed E-state index contributed by atoms with van der Waals surface area (Å²) in [6.45, 7) is 0. The van der Waals surface area contributed by atoms with Crippen molar-refractivity contribution < 1.29 is 9.94 Å². The fourth-order valence-electron chi connectivity index (χ4n) is 0.802. The summed E-state index contributed by atoms with van der Waals surface area (Å²) in [5.41, 5.74) is 0.550. The molecule has 6 heteroatoms. The van der Waals surface area contributed by atoms with Crippen LogP contribution in [0.5, 0.6) is 5.88 Å². The van der Waals surface area contributed by atoms with Crippen molar-refractivity contribution in [2.75, 3.05) is 11.6 Å². The van der Waals surface area contributed by atoms with Crippen LogP contribution >= 0.6 is 12.8 Å². The Bertz CT molecular complexity index is 348. The summed E-state index contributed by atoms with van der Waals surface area (Å²) in [7, 11) is 1.41. The maximum atomic E-state index is 9.02. The number of aromatic nitrogens is 1. The Morgan fingerprint density at radius 3 is 2.92 bits per heavy atom. The van der Waals surface area contributed by atoms with Crippen LogP contribution in [0.1, 0.15) is 5.56 Å². The van der Waals surface area contributed by atoms with Crippen LogP contribution in [0.3, 0.4) is 0 Å². The minimum Gasteiger partial charge on any atom is -0.479 e. The Labute approximate surface area is 80.7 Å². The van der Waals surface area contributed by atoms with E-state index in [-0.39, 0.29) is 11.6 Å². The van der Waals surface area contributed by atoms with Gasteiger partial charge in [0.2, 0.25) is 5.88 Å². The Morgan fingerprint density at radius 1 is 1.77 bits per heavy atom. The number of thiol groups is 1. The highest BCUT2D eigenvalue weighted by molar-refractivity contribution is 7.81. The topological polar surface area (TPSA) is 69.4 Å². The molecule has 0 aliphatic rings. The quantitative estimate of drug-likeness (QED) is 0.546. The van der Waals surface area contributed by atoms with E-state index in [4.69, 9.17) is 15.2 Å². The number of anilines is 1. The van der Waals surface area contributed by atoms with Crippen molar-refractivity contribution in [3.63, 3.8) is 0 Å². The zero-order chi connectivity index (χ0) is 9.84. The molecule has 0 spiro atoms. The number of hydrogen-bond donors (Lipinski definition) is 2. The molecule has 0 fully saturated rings. The van der Waals surface area contributed by atoms with Crippen molar-refractivity contribution in [1.82, 2.24) is 4.98 Å². The highest BCUT2D eigenvalue weighted by atomic mass is 32.1. The van der Waals surface area contributed by atoms with Crippen LogP contribution < -0.4 is 9.21 Å². The van der Waals surface area contributed by atoms with Crippen LogP contribution in [-0.2, 0) is 0 Å². The minimum absolute atomic E-state index is 0.205. The van der Waals surface area contributed by atoms with Crippen LogP contribution in [0, 0.1) is 11.3 Å². The van der Waals surface area contributed by atoms with E-state index in [2.05, 4.69) is 17.8 Å². The molecule has 1 rings (SSSR count). The molecule has 1 heterocycles. The normalized spacial score (nSPS) is 9.08. The van der Waals surface area contributed by atoms with Gasteiger partial charge in [0.05, 0.1) is 12.7 Å². The molecule has 13 heavy (non-hydrogen) atoms. The highest BCUT2D eigenvalue weighted by Crippen LogP contribution is 2.26. The van der Waals surface area contributed by atoms with Gasteiger partial charge in [-0.25, -0.2) is 4.98 Å². The highest BCUT2D eigenvalue weighted by Gasteiger charge is 2.09. The maximum Gasteiger partial charge on any atom is 0.240 e. The van der Waals surface area contributed by atoms with E-state index in [0.717, 1.165) is 0 Å². The number of pyridine rings is 1. The van der Waals surface area contributed by atoms with Gasteiger partial charge in [-0.3, -0.25) is 5.21 Å². The van der Waals surface area contributed by atoms with Crippen molar-refractivity contribution in [2.45, 2.75) is 0 Å². The summed E-state index contributed by atoms with van der Waals surface area (Å²) >= 11 is 3.66. The number of rotatable bonds is 2. The number of methoxy groups -OCH3 is 1. The van der Waals surface area contributed by atoms with E-state index in [1.54, 1.807) is 0 Å². The molecule has 0 atom stereocenters. The summed E-state index contributed by atoms with van der Waals surface area (Å²) in [4.78, 5) is 3.79. The summed E-state index contributed by atoms with van der Waals surface area (Å²) < 4.78 is 5.38. The van der Waals surface area contributed by atoms with Crippen LogP contribution in [0.25, 0.3) is 0 Å². The first kappa shape index (κ1) is 9.64. The summed E-state index contributed by atoms with van der Waals surface area (Å²) in [5.74, 6) is 0.205. The third-order valence-electron chi connectivity index (χ3n) is 1.37. The molecule has 0 aliphatic heterocycles. The monoisotopic (exact) mass is 197 g/mol. The van der Waals surface area contributed by atoms with Crippen molar-refractivity contribution in [3.8, 4) is 11.9 Å². The Kier molecular flexibility index (Phi) is 2.95. The van der Waals surface area contributed by atoms with E-state index < -0.39 is 0 Å². The maximum absolute atomic E-state index is 9.02. The second-order valence-electron chi connectivity index (χ2n) is 2.15. The number of hydrogen-bond acceptors (Lipinski definition) is 6. The van der Waals surface area contributed by atoms with Crippen molar-refractivity contribution in [1.29, 1.82) is 5.26 Å². The second kappa shape index (κ2) is 3.98. The minimum atomic E-state index is 0.205. The Hall–Kier alpha value is -1.45. The molecule has 0 aromatic carbocycles. The van der Waals surface area contributed by atoms with E-state index in [0.29, 0.717) is 10.0 Å². The lowest BCUT2D eigenvalue weighted by Crippen LogP contribution is -2.05. The molecule has 0 unspecified atom stereocenters. The zero-order valence-corrected chi connectivity index (χ0v) is 7.69. The fourth-order valence-corrected chi connectivity index (χ4v) is 0.946. The van der Waals surface area contributed by atoms with Crippen LogP contribution in [0.2, 0.25) is 0 Å². The summed E-state index contributed by atoms with van der Waals surface area (Å²) in [6, 6.07) is 3.30. The van der Waals surface area contributed by atoms with Crippen molar-refractivity contribution >= 4 is 18.5 Å². The standard InChI is InChI=1S/C7H7N3O2S/c1-12-7-6(10(11)13)2-5(3-8)4-9-7/h2,4,11,13H,1H3. The van der Waals surface area contributed by atoms with Crippen LogP contribution in [0.4, 0.5) is 5.69 Å². The van der Waals surface area contributed by atoms with Gasteiger partial charge in [-0.05, 0) is 18.9 Å². The predicted octanol–water partition coefficient (Wildman–Crippen LogP) is 1.00. The molecule has 0 amide bonds. The lowest BCUT2D eigenvalue weighted by Gasteiger charge is -2.11. The molecule has 1 N–H and O–H groups in total. The molecule has 0 saturated carbocycles. The number of nitriles is 1. The molecular formula is C7H7N3O2S. The first-order valence-corrected chi connectivity index (χ1v) is 3.71. The van der Waals surface area contributed by atoms with E-state index in [1.807, 2.05) is 6.07 Å². The van der Waals surface area contributed by atoms with E-state index >= 15 is 0 Å². The SMILES string of the molecule is COc1ncc(C#N)cc1N(O)S. The Balaban J connectivity index is 3.20. The molecule has 68 valence electrons. The average Bonchev–Trinajstić information content (AvgIpc) is 2.16. The third-order valence-corrected chi connectivity index (χ3v) is 1.59. The molecule has 0 radical (unpaired) electrons. The number of ether oxygens (including phenoxy) is 1. The first-order chi connectivity index (χ1) is 6.19. The second-order valence-corrected chi connectivity index (χ2v) is 2.53. The predicted molar refractivity (Wildman–Crippen MR) is 48.8 cm³/mol. The van der Waals surface area contributed by atoms with E-state index in [9.17, 15) is 0 Å². The molecule has 0 saturated heterocycles. The molecule has 5 nitrogen and oxygen atoms in total. The van der Waals surface area contributed by atoms with Gasteiger partial charge in [-0.2, -0.15) is 9.73 Å². The molecule has 1 aromatic heterocycles. The van der Waals surface area contributed by atoms with Gasteiger partial charge in [-0.15, -0.1) is 0 Å². The van der Waals surface area contributed by atoms with Crippen LogP contribution in [0.15, 0.2) is 12.3 Å².